The van der Waals surface area contributed by atoms with Crippen LogP contribution in [0.5, 0.6) is 0 Å². The summed E-state index contributed by atoms with van der Waals surface area (Å²) in [4.78, 5) is 25.3. The Bertz CT molecular complexity index is 350. The predicted molar refractivity (Wildman–Crippen MR) is 77.3 cm³/mol. The minimum Gasteiger partial charge on any atom is -0.481 e. The lowest BCUT2D eigenvalue weighted by Crippen LogP contribution is -2.40. The second-order valence-corrected chi connectivity index (χ2v) is 6.57. The van der Waals surface area contributed by atoms with Crippen molar-refractivity contribution >= 4 is 11.9 Å². The third-order valence-electron chi connectivity index (χ3n) is 4.90. The molecule has 0 radical (unpaired) electrons. The molecule has 0 aromatic carbocycles. The smallest absolute Gasteiger partial charge is 0.305 e. The van der Waals surface area contributed by atoms with Crippen LogP contribution < -0.4 is 0 Å². The van der Waals surface area contributed by atoms with E-state index in [4.69, 9.17) is 5.11 Å². The van der Waals surface area contributed by atoms with Crippen LogP contribution in [0.3, 0.4) is 0 Å². The van der Waals surface area contributed by atoms with E-state index in [0.717, 1.165) is 25.8 Å². The minimum absolute atomic E-state index is 0.0486. The zero-order chi connectivity index (χ0) is 14.5. The normalized spacial score (nSPS) is 25.6. The van der Waals surface area contributed by atoms with Gasteiger partial charge in [-0.25, -0.2) is 0 Å². The number of carbonyl (C=O) groups is 2. The fourth-order valence-electron chi connectivity index (χ4n) is 3.85. The van der Waals surface area contributed by atoms with Gasteiger partial charge in [0, 0.05) is 18.5 Å². The molecule has 2 fully saturated rings. The van der Waals surface area contributed by atoms with Gasteiger partial charge in [0.1, 0.15) is 0 Å². The van der Waals surface area contributed by atoms with Crippen molar-refractivity contribution in [1.29, 1.82) is 0 Å². The van der Waals surface area contributed by atoms with Crippen molar-refractivity contribution in [3.63, 3.8) is 0 Å². The highest BCUT2D eigenvalue weighted by Gasteiger charge is 2.33. The van der Waals surface area contributed by atoms with Crippen LogP contribution in [0.15, 0.2) is 0 Å². The van der Waals surface area contributed by atoms with Gasteiger partial charge in [-0.05, 0) is 25.2 Å². The molecule has 4 heteroatoms. The molecule has 2 unspecified atom stereocenters. The van der Waals surface area contributed by atoms with Crippen molar-refractivity contribution in [1.82, 2.24) is 4.90 Å². The summed E-state index contributed by atoms with van der Waals surface area (Å²) in [5.41, 5.74) is 0. The lowest BCUT2D eigenvalue weighted by Gasteiger charge is -2.29. The van der Waals surface area contributed by atoms with Crippen LogP contribution in [0.4, 0.5) is 0 Å². The van der Waals surface area contributed by atoms with Crippen LogP contribution in [-0.4, -0.2) is 34.5 Å². The number of carbonyl (C=O) groups excluding carboxylic acids is 1. The zero-order valence-electron chi connectivity index (χ0n) is 12.5. The number of hydrogen-bond acceptors (Lipinski definition) is 2. The molecule has 0 aromatic rings. The Morgan fingerprint density at radius 1 is 1.15 bits per heavy atom. The van der Waals surface area contributed by atoms with Gasteiger partial charge in [0.15, 0.2) is 0 Å². The Hall–Kier alpha value is -1.06. The van der Waals surface area contributed by atoms with Gasteiger partial charge in [0.05, 0.1) is 6.42 Å². The van der Waals surface area contributed by atoms with Gasteiger partial charge in [0.2, 0.25) is 5.91 Å². The molecule has 20 heavy (non-hydrogen) atoms. The number of amides is 1. The van der Waals surface area contributed by atoms with Gasteiger partial charge >= 0.3 is 5.97 Å². The SMILES string of the molecule is CC(CC1CCCCC1)C(=O)N1CCCC1CC(=O)O. The van der Waals surface area contributed by atoms with E-state index in [0.29, 0.717) is 5.92 Å². The standard InChI is InChI=1S/C16H27NO3/c1-12(10-13-6-3-2-4-7-13)16(20)17-9-5-8-14(17)11-15(18)19/h12-14H,2-11H2,1H3,(H,18,19). The highest BCUT2D eigenvalue weighted by atomic mass is 16.4. The van der Waals surface area contributed by atoms with Crippen molar-refractivity contribution in [3.8, 4) is 0 Å². The highest BCUT2D eigenvalue weighted by Crippen LogP contribution is 2.31. The molecule has 0 aromatic heterocycles. The molecule has 1 N–H and O–H groups in total. The summed E-state index contributed by atoms with van der Waals surface area (Å²) < 4.78 is 0. The Balaban J connectivity index is 1.86. The maximum atomic E-state index is 12.5. The molecular formula is C16H27NO3. The molecule has 4 nitrogen and oxygen atoms in total. The predicted octanol–water partition coefficient (Wildman–Crippen LogP) is 3.06. The number of hydrogen-bond donors (Lipinski definition) is 1. The summed E-state index contributed by atoms with van der Waals surface area (Å²) in [7, 11) is 0. The van der Waals surface area contributed by atoms with Crippen molar-refractivity contribution in [2.24, 2.45) is 11.8 Å². The van der Waals surface area contributed by atoms with E-state index in [9.17, 15) is 9.59 Å². The van der Waals surface area contributed by atoms with Gasteiger partial charge < -0.3 is 10.0 Å². The molecule has 0 bridgehead atoms. The van der Waals surface area contributed by atoms with E-state index in [1.54, 1.807) is 0 Å². The molecule has 2 aliphatic rings. The van der Waals surface area contributed by atoms with Crippen molar-refractivity contribution in [3.05, 3.63) is 0 Å². The summed E-state index contributed by atoms with van der Waals surface area (Å²) in [5, 5.41) is 8.94. The van der Waals surface area contributed by atoms with Crippen LogP contribution in [0.2, 0.25) is 0 Å². The average Bonchev–Trinajstić information content (AvgIpc) is 2.86. The summed E-state index contributed by atoms with van der Waals surface area (Å²) in [5.74, 6) is 0.129. The third kappa shape index (κ3) is 3.97. The Labute approximate surface area is 121 Å². The first-order valence-electron chi connectivity index (χ1n) is 8.10. The highest BCUT2D eigenvalue weighted by molar-refractivity contribution is 5.80. The molecule has 2 atom stereocenters. The van der Waals surface area contributed by atoms with Crippen molar-refractivity contribution in [2.75, 3.05) is 6.54 Å². The first kappa shape index (κ1) is 15.3. The Morgan fingerprint density at radius 3 is 2.50 bits per heavy atom. The van der Waals surface area contributed by atoms with Gasteiger partial charge in [0.25, 0.3) is 0 Å². The van der Waals surface area contributed by atoms with Gasteiger partial charge in [-0.3, -0.25) is 9.59 Å². The third-order valence-corrected chi connectivity index (χ3v) is 4.90. The second kappa shape index (κ2) is 7.09. The number of carboxylic acid groups (broad SMARTS) is 1. The number of rotatable bonds is 5. The Morgan fingerprint density at radius 2 is 1.85 bits per heavy atom. The molecule has 1 saturated heterocycles. The monoisotopic (exact) mass is 281 g/mol. The van der Waals surface area contributed by atoms with Crippen molar-refractivity contribution in [2.45, 2.75) is 70.8 Å². The van der Waals surface area contributed by atoms with Gasteiger partial charge in [-0.2, -0.15) is 0 Å². The maximum absolute atomic E-state index is 12.5. The summed E-state index contributed by atoms with van der Waals surface area (Å²) in [6.45, 7) is 2.76. The van der Waals surface area contributed by atoms with Crippen LogP contribution >= 0.6 is 0 Å². The first-order valence-corrected chi connectivity index (χ1v) is 8.10. The number of aliphatic carboxylic acids is 1. The lowest BCUT2D eigenvalue weighted by atomic mass is 9.83. The minimum atomic E-state index is -0.797. The van der Waals surface area contributed by atoms with E-state index >= 15 is 0 Å². The molecule has 1 amide bonds. The van der Waals surface area contributed by atoms with E-state index in [-0.39, 0.29) is 24.3 Å². The fraction of sp³-hybridized carbons (Fsp3) is 0.875. The number of nitrogens with zero attached hydrogens (tertiary/aromatic N) is 1. The average molecular weight is 281 g/mol. The molecule has 1 saturated carbocycles. The number of likely N-dealkylation sites (tertiary alicyclic amines) is 1. The molecular weight excluding hydrogens is 254 g/mol. The largest absolute Gasteiger partial charge is 0.481 e. The van der Waals surface area contributed by atoms with E-state index in [2.05, 4.69) is 0 Å². The van der Waals surface area contributed by atoms with Gasteiger partial charge in [-0.15, -0.1) is 0 Å². The first-order chi connectivity index (χ1) is 9.58. The topological polar surface area (TPSA) is 57.6 Å². The summed E-state index contributed by atoms with van der Waals surface area (Å²) in [6.07, 6.45) is 9.33. The lowest BCUT2D eigenvalue weighted by molar-refractivity contribution is -0.141. The Kier molecular flexibility index (Phi) is 5.44. The molecule has 0 spiro atoms. The summed E-state index contributed by atoms with van der Waals surface area (Å²) >= 11 is 0. The molecule has 114 valence electrons. The molecule has 1 aliphatic heterocycles. The van der Waals surface area contributed by atoms with E-state index in [1.165, 1.54) is 32.1 Å². The van der Waals surface area contributed by atoms with Crippen LogP contribution in [0.1, 0.15) is 64.7 Å². The van der Waals surface area contributed by atoms with Crippen LogP contribution in [-0.2, 0) is 9.59 Å². The molecule has 2 rings (SSSR count). The van der Waals surface area contributed by atoms with Crippen LogP contribution in [0, 0.1) is 11.8 Å². The van der Waals surface area contributed by atoms with E-state index < -0.39 is 5.97 Å². The quantitative estimate of drug-likeness (QED) is 0.842. The van der Waals surface area contributed by atoms with E-state index in [1.807, 2.05) is 11.8 Å². The molecule has 1 heterocycles. The van der Waals surface area contributed by atoms with Crippen molar-refractivity contribution < 1.29 is 14.7 Å². The second-order valence-electron chi connectivity index (χ2n) is 6.57. The number of carboxylic acids is 1. The summed E-state index contributed by atoms with van der Waals surface area (Å²) in [6, 6.07) is -0.0752. The zero-order valence-corrected chi connectivity index (χ0v) is 12.5. The fourth-order valence-corrected chi connectivity index (χ4v) is 3.85. The van der Waals surface area contributed by atoms with Crippen LogP contribution in [0.25, 0.3) is 0 Å². The maximum Gasteiger partial charge on any atom is 0.305 e. The molecule has 1 aliphatic carbocycles. The van der Waals surface area contributed by atoms with Gasteiger partial charge in [-0.1, -0.05) is 39.0 Å².